The smallest absolute Gasteiger partial charge is 0.0211 e. The van der Waals surface area contributed by atoms with Crippen LogP contribution in [0.25, 0.3) is 0 Å². The molecule has 1 aromatic rings. The first kappa shape index (κ1) is 11.3. The Hall–Kier alpha value is -0.790. The summed E-state index contributed by atoms with van der Waals surface area (Å²) in [5.41, 5.74) is 5.44. The van der Waals surface area contributed by atoms with Gasteiger partial charge in [-0.05, 0) is 30.5 Å². The fourth-order valence-corrected chi connectivity index (χ4v) is 1.32. The first-order valence-electron chi connectivity index (χ1n) is 4.75. The standard InChI is InChI=1S/C12H16ClN/c1-10(7-13)8-14-9-12-6-4-3-5-11(12)2/h3-7,14H,8-9H2,1-2H3/b10-7-. The molecule has 0 spiro atoms. The lowest BCUT2D eigenvalue weighted by atomic mass is 10.1. The summed E-state index contributed by atoms with van der Waals surface area (Å²) < 4.78 is 0. The second kappa shape index (κ2) is 5.84. The van der Waals surface area contributed by atoms with Crippen LogP contribution in [0.3, 0.4) is 0 Å². The summed E-state index contributed by atoms with van der Waals surface area (Å²) in [5.74, 6) is 0. The van der Waals surface area contributed by atoms with Crippen molar-refractivity contribution >= 4 is 11.6 Å². The van der Waals surface area contributed by atoms with Gasteiger partial charge in [0.25, 0.3) is 0 Å². The lowest BCUT2D eigenvalue weighted by Crippen LogP contribution is -2.15. The minimum absolute atomic E-state index is 0.845. The van der Waals surface area contributed by atoms with Crippen molar-refractivity contribution < 1.29 is 0 Å². The third-order valence-electron chi connectivity index (χ3n) is 2.17. The van der Waals surface area contributed by atoms with Crippen LogP contribution in [0.5, 0.6) is 0 Å². The van der Waals surface area contributed by atoms with Crippen molar-refractivity contribution in [2.45, 2.75) is 20.4 Å². The molecule has 1 aromatic carbocycles. The number of rotatable bonds is 4. The average Bonchev–Trinajstić information content (AvgIpc) is 2.20. The average molecular weight is 210 g/mol. The van der Waals surface area contributed by atoms with Crippen LogP contribution >= 0.6 is 11.6 Å². The minimum Gasteiger partial charge on any atom is -0.309 e. The minimum atomic E-state index is 0.845. The Morgan fingerprint density at radius 1 is 1.43 bits per heavy atom. The van der Waals surface area contributed by atoms with E-state index in [1.54, 1.807) is 5.54 Å². The Labute approximate surface area is 90.8 Å². The van der Waals surface area contributed by atoms with Crippen LogP contribution in [0.2, 0.25) is 0 Å². The summed E-state index contributed by atoms with van der Waals surface area (Å²) in [6.45, 7) is 5.88. The summed E-state index contributed by atoms with van der Waals surface area (Å²) in [7, 11) is 0. The second-order valence-electron chi connectivity index (χ2n) is 3.49. The molecule has 2 heteroatoms. The molecule has 0 aliphatic carbocycles. The van der Waals surface area contributed by atoms with E-state index in [2.05, 4.69) is 36.5 Å². The SMILES string of the molecule is C/C(=C/Cl)CNCc1ccccc1C. The van der Waals surface area contributed by atoms with Crippen LogP contribution in [0.15, 0.2) is 35.4 Å². The molecule has 0 aliphatic heterocycles. The van der Waals surface area contributed by atoms with Crippen molar-refractivity contribution in [1.29, 1.82) is 0 Å². The van der Waals surface area contributed by atoms with Gasteiger partial charge in [-0.25, -0.2) is 0 Å². The number of nitrogens with one attached hydrogen (secondary N) is 1. The maximum absolute atomic E-state index is 5.56. The molecule has 76 valence electrons. The van der Waals surface area contributed by atoms with Crippen LogP contribution in [-0.4, -0.2) is 6.54 Å². The normalized spacial score (nSPS) is 11.8. The molecule has 0 aromatic heterocycles. The van der Waals surface area contributed by atoms with E-state index >= 15 is 0 Å². The van der Waals surface area contributed by atoms with Crippen LogP contribution < -0.4 is 5.32 Å². The molecule has 1 nitrogen and oxygen atoms in total. The Balaban J connectivity index is 2.43. The molecule has 1 rings (SSSR count). The molecule has 0 saturated heterocycles. The fourth-order valence-electron chi connectivity index (χ4n) is 1.24. The van der Waals surface area contributed by atoms with Gasteiger partial charge in [0.05, 0.1) is 0 Å². The summed E-state index contributed by atoms with van der Waals surface area (Å²) in [6, 6.07) is 8.39. The van der Waals surface area contributed by atoms with Gasteiger partial charge in [-0.3, -0.25) is 0 Å². The predicted octanol–water partition coefficient (Wildman–Crippen LogP) is 3.23. The van der Waals surface area contributed by atoms with E-state index in [1.165, 1.54) is 11.1 Å². The Bertz CT molecular complexity index is 318. The van der Waals surface area contributed by atoms with E-state index in [4.69, 9.17) is 11.6 Å². The highest BCUT2D eigenvalue weighted by Gasteiger charge is 1.95. The Morgan fingerprint density at radius 2 is 2.14 bits per heavy atom. The van der Waals surface area contributed by atoms with Crippen LogP contribution in [0.4, 0.5) is 0 Å². The molecule has 0 heterocycles. The van der Waals surface area contributed by atoms with Crippen LogP contribution in [0, 0.1) is 6.92 Å². The molecule has 0 unspecified atom stereocenters. The van der Waals surface area contributed by atoms with Crippen molar-refractivity contribution in [1.82, 2.24) is 5.32 Å². The van der Waals surface area contributed by atoms with Crippen molar-refractivity contribution in [2.75, 3.05) is 6.54 Å². The van der Waals surface area contributed by atoms with Gasteiger partial charge in [0.2, 0.25) is 0 Å². The maximum Gasteiger partial charge on any atom is 0.0211 e. The van der Waals surface area contributed by atoms with E-state index in [9.17, 15) is 0 Å². The van der Waals surface area contributed by atoms with Crippen molar-refractivity contribution in [3.05, 3.63) is 46.5 Å². The Kier molecular flexibility index (Phi) is 4.71. The van der Waals surface area contributed by atoms with Gasteiger partial charge in [-0.2, -0.15) is 0 Å². The van der Waals surface area contributed by atoms with Gasteiger partial charge in [0, 0.05) is 18.6 Å². The molecule has 0 bridgehead atoms. The Morgan fingerprint density at radius 3 is 2.79 bits per heavy atom. The number of halogens is 1. The highest BCUT2D eigenvalue weighted by Crippen LogP contribution is 2.06. The summed E-state index contributed by atoms with van der Waals surface area (Å²) in [4.78, 5) is 0. The number of hydrogen-bond donors (Lipinski definition) is 1. The van der Waals surface area contributed by atoms with Gasteiger partial charge in [0.15, 0.2) is 0 Å². The number of benzene rings is 1. The van der Waals surface area contributed by atoms with E-state index in [0.29, 0.717) is 0 Å². The molecule has 0 fully saturated rings. The van der Waals surface area contributed by atoms with Gasteiger partial charge in [-0.1, -0.05) is 35.9 Å². The summed E-state index contributed by atoms with van der Waals surface area (Å²) >= 11 is 5.56. The molecular weight excluding hydrogens is 194 g/mol. The quantitative estimate of drug-likeness (QED) is 0.803. The highest BCUT2D eigenvalue weighted by atomic mass is 35.5. The zero-order valence-corrected chi connectivity index (χ0v) is 9.43. The molecule has 0 amide bonds. The van der Waals surface area contributed by atoms with E-state index in [1.807, 2.05) is 6.92 Å². The van der Waals surface area contributed by atoms with Crippen LogP contribution in [-0.2, 0) is 6.54 Å². The monoisotopic (exact) mass is 209 g/mol. The largest absolute Gasteiger partial charge is 0.309 e. The molecule has 0 aliphatic rings. The zero-order valence-electron chi connectivity index (χ0n) is 8.68. The lowest BCUT2D eigenvalue weighted by Gasteiger charge is -2.07. The van der Waals surface area contributed by atoms with Gasteiger partial charge in [0.1, 0.15) is 0 Å². The topological polar surface area (TPSA) is 12.0 Å². The third-order valence-corrected chi connectivity index (χ3v) is 2.54. The van der Waals surface area contributed by atoms with Crippen LogP contribution in [0.1, 0.15) is 18.1 Å². The predicted molar refractivity (Wildman–Crippen MR) is 62.5 cm³/mol. The second-order valence-corrected chi connectivity index (χ2v) is 3.70. The molecule has 0 radical (unpaired) electrons. The summed E-state index contributed by atoms with van der Waals surface area (Å²) in [5, 5.41) is 3.34. The molecule has 14 heavy (non-hydrogen) atoms. The number of aryl methyl sites for hydroxylation is 1. The van der Waals surface area contributed by atoms with E-state index in [0.717, 1.165) is 18.7 Å². The summed E-state index contributed by atoms with van der Waals surface area (Å²) in [6.07, 6.45) is 0. The highest BCUT2D eigenvalue weighted by molar-refractivity contribution is 6.25. The first-order chi connectivity index (χ1) is 6.74. The molecule has 0 saturated carbocycles. The van der Waals surface area contributed by atoms with Gasteiger partial charge in [-0.15, -0.1) is 0 Å². The molecule has 1 N–H and O–H groups in total. The maximum atomic E-state index is 5.56. The van der Waals surface area contributed by atoms with Gasteiger partial charge >= 0.3 is 0 Å². The van der Waals surface area contributed by atoms with Crippen molar-refractivity contribution in [3.63, 3.8) is 0 Å². The third kappa shape index (κ3) is 3.52. The number of hydrogen-bond acceptors (Lipinski definition) is 1. The first-order valence-corrected chi connectivity index (χ1v) is 5.18. The van der Waals surface area contributed by atoms with Crippen molar-refractivity contribution in [3.8, 4) is 0 Å². The molecule has 0 atom stereocenters. The fraction of sp³-hybridized carbons (Fsp3) is 0.333. The van der Waals surface area contributed by atoms with E-state index < -0.39 is 0 Å². The van der Waals surface area contributed by atoms with Gasteiger partial charge < -0.3 is 5.32 Å². The molecular formula is C12H16ClN. The zero-order chi connectivity index (χ0) is 10.4. The lowest BCUT2D eigenvalue weighted by molar-refractivity contribution is 0.737. The van der Waals surface area contributed by atoms with E-state index in [-0.39, 0.29) is 0 Å². The van der Waals surface area contributed by atoms with Crippen molar-refractivity contribution in [2.24, 2.45) is 0 Å².